The molecular weight excluding hydrogens is 306 g/mol. The minimum atomic E-state index is -0.753. The van der Waals surface area contributed by atoms with Gasteiger partial charge in [0, 0.05) is 12.6 Å². The van der Waals surface area contributed by atoms with Crippen LogP contribution in [0.5, 0.6) is 0 Å². The number of imide groups is 1. The van der Waals surface area contributed by atoms with Crippen LogP contribution in [-0.2, 0) is 9.59 Å². The van der Waals surface area contributed by atoms with Gasteiger partial charge >= 0.3 is 6.03 Å². The van der Waals surface area contributed by atoms with E-state index in [0.717, 1.165) is 50.0 Å². The van der Waals surface area contributed by atoms with Crippen LogP contribution in [0.4, 0.5) is 4.79 Å². The Bertz CT molecular complexity index is 526. The smallest absolute Gasteiger partial charge is 0.325 e. The van der Waals surface area contributed by atoms with Gasteiger partial charge in [-0.15, -0.1) is 0 Å². The third-order valence-corrected chi connectivity index (χ3v) is 6.20. The lowest BCUT2D eigenvalue weighted by molar-refractivity contribution is -0.141. The van der Waals surface area contributed by atoms with E-state index in [9.17, 15) is 14.4 Å². The van der Waals surface area contributed by atoms with E-state index in [1.807, 2.05) is 11.8 Å². The zero-order chi connectivity index (χ0) is 17.3. The van der Waals surface area contributed by atoms with Crippen LogP contribution in [0.25, 0.3) is 0 Å². The Morgan fingerprint density at radius 3 is 2.54 bits per heavy atom. The summed E-state index contributed by atoms with van der Waals surface area (Å²) in [5, 5.41) is 2.90. The lowest BCUT2D eigenvalue weighted by Crippen LogP contribution is -2.51. The number of piperidine rings is 1. The second kappa shape index (κ2) is 6.73. The molecule has 1 saturated carbocycles. The van der Waals surface area contributed by atoms with Crippen molar-refractivity contribution in [2.75, 3.05) is 13.1 Å². The Hall–Kier alpha value is -1.59. The lowest BCUT2D eigenvalue weighted by Gasteiger charge is -2.35. The Morgan fingerprint density at radius 1 is 1.21 bits per heavy atom. The maximum absolute atomic E-state index is 12.9. The minimum Gasteiger partial charge on any atom is -0.338 e. The molecule has 2 aliphatic heterocycles. The van der Waals surface area contributed by atoms with E-state index in [2.05, 4.69) is 12.2 Å². The number of nitrogens with zero attached hydrogens (tertiary/aromatic N) is 2. The van der Waals surface area contributed by atoms with Gasteiger partial charge in [-0.1, -0.05) is 13.3 Å². The maximum atomic E-state index is 12.9. The second-order valence-corrected chi connectivity index (χ2v) is 7.69. The Balaban J connectivity index is 1.65. The van der Waals surface area contributed by atoms with Gasteiger partial charge in [0.25, 0.3) is 5.91 Å². The van der Waals surface area contributed by atoms with E-state index in [0.29, 0.717) is 18.8 Å². The van der Waals surface area contributed by atoms with Gasteiger partial charge in [-0.05, 0) is 57.8 Å². The summed E-state index contributed by atoms with van der Waals surface area (Å²) < 4.78 is 0. The number of likely N-dealkylation sites (tertiary alicyclic amines) is 1. The first-order valence-electron chi connectivity index (χ1n) is 9.40. The molecule has 1 atom stereocenters. The Morgan fingerprint density at radius 2 is 1.92 bits per heavy atom. The van der Waals surface area contributed by atoms with Crippen LogP contribution in [0, 0.1) is 5.92 Å². The summed E-state index contributed by atoms with van der Waals surface area (Å²) in [5.74, 6) is 0.343. The van der Waals surface area contributed by atoms with Gasteiger partial charge < -0.3 is 10.2 Å². The molecule has 134 valence electrons. The van der Waals surface area contributed by atoms with Gasteiger partial charge in [-0.2, -0.15) is 0 Å². The van der Waals surface area contributed by atoms with Crippen molar-refractivity contribution in [3.8, 4) is 0 Å². The van der Waals surface area contributed by atoms with Gasteiger partial charge in [0.2, 0.25) is 5.91 Å². The number of carbonyl (C=O) groups is 3. The van der Waals surface area contributed by atoms with Crippen LogP contribution >= 0.6 is 0 Å². The molecule has 0 aromatic rings. The third-order valence-electron chi connectivity index (χ3n) is 6.20. The minimum absolute atomic E-state index is 0.106. The molecule has 1 spiro atoms. The molecule has 2 saturated heterocycles. The van der Waals surface area contributed by atoms with Crippen LogP contribution in [0.1, 0.15) is 65.2 Å². The summed E-state index contributed by atoms with van der Waals surface area (Å²) in [6, 6.07) is -0.200. The molecule has 3 aliphatic rings. The van der Waals surface area contributed by atoms with Crippen molar-refractivity contribution in [2.24, 2.45) is 5.92 Å². The predicted octanol–water partition coefficient (Wildman–Crippen LogP) is 2.28. The van der Waals surface area contributed by atoms with Crippen LogP contribution < -0.4 is 5.32 Å². The van der Waals surface area contributed by atoms with Gasteiger partial charge in [0.1, 0.15) is 12.1 Å². The average Bonchev–Trinajstić information content (AvgIpc) is 2.80. The van der Waals surface area contributed by atoms with Crippen LogP contribution in [0.15, 0.2) is 0 Å². The topological polar surface area (TPSA) is 69.7 Å². The molecule has 3 fully saturated rings. The van der Waals surface area contributed by atoms with Crippen molar-refractivity contribution in [3.63, 3.8) is 0 Å². The summed E-state index contributed by atoms with van der Waals surface area (Å²) in [6.07, 6.45) is 7.57. The van der Waals surface area contributed by atoms with Gasteiger partial charge in [0.15, 0.2) is 0 Å². The maximum Gasteiger partial charge on any atom is 0.325 e. The second-order valence-electron chi connectivity index (χ2n) is 7.69. The summed E-state index contributed by atoms with van der Waals surface area (Å²) >= 11 is 0. The van der Waals surface area contributed by atoms with E-state index < -0.39 is 11.6 Å². The molecule has 0 unspecified atom stereocenters. The number of carbonyl (C=O) groups excluding carboxylic acids is 3. The number of urea groups is 1. The SMILES string of the molecule is CCC1CCC2(CC1)NC(=O)N(CC(=O)N1CCCC[C@@H]1C)C2=O. The fourth-order valence-electron chi connectivity index (χ4n) is 4.43. The van der Waals surface area contributed by atoms with Crippen LogP contribution in [-0.4, -0.2) is 52.3 Å². The molecule has 6 nitrogen and oxygen atoms in total. The lowest BCUT2D eigenvalue weighted by atomic mass is 9.75. The normalized spacial score (nSPS) is 33.9. The van der Waals surface area contributed by atoms with Crippen molar-refractivity contribution in [2.45, 2.75) is 76.8 Å². The molecule has 0 radical (unpaired) electrons. The fourth-order valence-corrected chi connectivity index (χ4v) is 4.43. The number of nitrogens with one attached hydrogen (secondary N) is 1. The first kappa shape index (κ1) is 17.2. The number of amides is 4. The summed E-state index contributed by atoms with van der Waals surface area (Å²) in [6.45, 7) is 4.82. The van der Waals surface area contributed by atoms with E-state index in [1.165, 1.54) is 0 Å². The zero-order valence-corrected chi connectivity index (χ0v) is 14.8. The van der Waals surface area contributed by atoms with Crippen molar-refractivity contribution in [3.05, 3.63) is 0 Å². The highest BCUT2D eigenvalue weighted by molar-refractivity contribution is 6.09. The van der Waals surface area contributed by atoms with Crippen molar-refractivity contribution < 1.29 is 14.4 Å². The Labute approximate surface area is 143 Å². The molecule has 1 aliphatic carbocycles. The third kappa shape index (κ3) is 3.03. The van der Waals surface area contributed by atoms with Gasteiger partial charge in [-0.3, -0.25) is 14.5 Å². The molecule has 3 rings (SSSR count). The van der Waals surface area contributed by atoms with Crippen molar-refractivity contribution >= 4 is 17.8 Å². The first-order chi connectivity index (χ1) is 11.5. The summed E-state index contributed by atoms with van der Waals surface area (Å²) in [5.41, 5.74) is -0.753. The molecule has 2 heterocycles. The summed E-state index contributed by atoms with van der Waals surface area (Å²) in [4.78, 5) is 40.7. The monoisotopic (exact) mass is 335 g/mol. The van der Waals surface area contributed by atoms with Crippen LogP contribution in [0.3, 0.4) is 0 Å². The molecule has 6 heteroatoms. The number of rotatable bonds is 3. The molecule has 24 heavy (non-hydrogen) atoms. The van der Waals surface area contributed by atoms with E-state index in [1.54, 1.807) is 0 Å². The fraction of sp³-hybridized carbons (Fsp3) is 0.833. The molecule has 0 aromatic carbocycles. The molecule has 4 amide bonds. The largest absolute Gasteiger partial charge is 0.338 e. The van der Waals surface area contributed by atoms with Gasteiger partial charge in [-0.25, -0.2) is 4.79 Å². The zero-order valence-electron chi connectivity index (χ0n) is 14.8. The molecule has 0 bridgehead atoms. The van der Waals surface area contributed by atoms with Crippen molar-refractivity contribution in [1.82, 2.24) is 15.1 Å². The molecule has 1 N–H and O–H groups in total. The van der Waals surface area contributed by atoms with Crippen molar-refractivity contribution in [1.29, 1.82) is 0 Å². The molecular formula is C18H29N3O3. The highest BCUT2D eigenvalue weighted by Crippen LogP contribution is 2.37. The van der Waals surface area contributed by atoms with E-state index in [-0.39, 0.29) is 24.4 Å². The quantitative estimate of drug-likeness (QED) is 0.805. The summed E-state index contributed by atoms with van der Waals surface area (Å²) in [7, 11) is 0. The average molecular weight is 335 g/mol. The highest BCUT2D eigenvalue weighted by Gasteiger charge is 2.52. The number of hydrogen-bond acceptors (Lipinski definition) is 3. The standard InChI is InChI=1S/C18H29N3O3/c1-3-14-7-9-18(10-8-14)16(23)21(17(24)19-18)12-15(22)20-11-5-4-6-13(20)2/h13-14H,3-12H2,1-2H3,(H,19,24)/t13-,14?,18?/m0/s1. The number of hydrogen-bond donors (Lipinski definition) is 1. The highest BCUT2D eigenvalue weighted by atomic mass is 16.2. The van der Waals surface area contributed by atoms with E-state index >= 15 is 0 Å². The molecule has 0 aromatic heterocycles. The van der Waals surface area contributed by atoms with E-state index in [4.69, 9.17) is 0 Å². The predicted molar refractivity (Wildman–Crippen MR) is 90.3 cm³/mol. The van der Waals surface area contributed by atoms with Crippen LogP contribution in [0.2, 0.25) is 0 Å². The first-order valence-corrected chi connectivity index (χ1v) is 9.40. The Kier molecular flexibility index (Phi) is 4.83. The van der Waals surface area contributed by atoms with Gasteiger partial charge in [0.05, 0.1) is 0 Å².